The van der Waals surface area contributed by atoms with E-state index in [9.17, 15) is 8.78 Å². The molecule has 0 saturated carbocycles. The first-order valence-electron chi connectivity index (χ1n) is 11.7. The van der Waals surface area contributed by atoms with E-state index >= 15 is 0 Å². The van der Waals surface area contributed by atoms with Crippen LogP contribution in [-0.2, 0) is 0 Å². The third kappa shape index (κ3) is 6.54. The van der Waals surface area contributed by atoms with E-state index in [0.717, 1.165) is 16.6 Å². The fourth-order valence-electron chi connectivity index (χ4n) is 3.88. The lowest BCUT2D eigenvalue weighted by Gasteiger charge is -2.14. The molecule has 10 heteroatoms. The number of nitrogens with zero attached hydrogens (tertiary/aromatic N) is 6. The number of allylic oxidation sites excluding steroid dienone is 1. The highest BCUT2D eigenvalue weighted by Gasteiger charge is 2.37. The molecular weight excluding hydrogens is 450 g/mol. The molecule has 0 atom stereocenters. The Morgan fingerprint density at radius 2 is 2.09 bits per heavy atom. The van der Waals surface area contributed by atoms with Crippen LogP contribution in [-0.4, -0.2) is 63.4 Å². The monoisotopic (exact) mass is 480 g/mol. The number of halogens is 2. The lowest BCUT2D eigenvalue weighted by Crippen LogP contribution is -2.26. The predicted molar refractivity (Wildman–Crippen MR) is 135 cm³/mol. The highest BCUT2D eigenvalue weighted by atomic mass is 19.3. The number of nitrogens with one attached hydrogen (secondary N) is 1. The van der Waals surface area contributed by atoms with Crippen LogP contribution in [0.15, 0.2) is 47.9 Å². The lowest BCUT2D eigenvalue weighted by molar-refractivity contribution is 0.0122. The molecule has 184 valence electrons. The zero-order valence-electron chi connectivity index (χ0n) is 20.0. The number of pyridine rings is 2. The third-order valence-corrected chi connectivity index (χ3v) is 5.89. The Balaban J connectivity index is 1.40. The minimum absolute atomic E-state index is 0.0612. The van der Waals surface area contributed by atoms with Crippen molar-refractivity contribution >= 4 is 34.5 Å². The van der Waals surface area contributed by atoms with Crippen LogP contribution in [0.3, 0.4) is 0 Å². The minimum atomic E-state index is -2.56. The van der Waals surface area contributed by atoms with Crippen molar-refractivity contribution in [1.29, 1.82) is 0 Å². The number of aromatic nitrogens is 4. The molecule has 1 aliphatic rings. The van der Waals surface area contributed by atoms with Gasteiger partial charge in [0, 0.05) is 55.8 Å². The van der Waals surface area contributed by atoms with E-state index in [2.05, 4.69) is 44.3 Å². The Labute approximate surface area is 203 Å². The molecule has 0 bridgehead atoms. The quantitative estimate of drug-likeness (QED) is 0.346. The van der Waals surface area contributed by atoms with Gasteiger partial charge in [0.2, 0.25) is 0 Å². The Morgan fingerprint density at radius 3 is 2.83 bits per heavy atom. The maximum Gasteiger partial charge on any atom is 0.261 e. The molecule has 3 aromatic heterocycles. The lowest BCUT2D eigenvalue weighted by atomic mass is 10.1. The molecule has 4 heterocycles. The van der Waals surface area contributed by atoms with E-state index in [0.29, 0.717) is 54.7 Å². The normalized spacial score (nSPS) is 16.5. The second-order valence-corrected chi connectivity index (χ2v) is 9.01. The molecule has 0 aromatic carbocycles. The molecule has 1 fully saturated rings. The van der Waals surface area contributed by atoms with E-state index in [1.807, 2.05) is 24.3 Å². The summed E-state index contributed by atoms with van der Waals surface area (Å²) in [5.74, 6) is -0.961. The maximum atomic E-state index is 13.3. The SMILES string of the molecule is CC(C)c1cnnc(Nc2ccc3ncc(C(C=NCCCN4CCC(F)(F)C4)=CN)cc3n2)c1. The summed E-state index contributed by atoms with van der Waals surface area (Å²) < 4.78 is 26.6. The zero-order valence-corrected chi connectivity index (χ0v) is 20.0. The second-order valence-electron chi connectivity index (χ2n) is 9.01. The fraction of sp³-hybridized carbons (Fsp3) is 0.400. The summed E-state index contributed by atoms with van der Waals surface area (Å²) in [6, 6.07) is 7.59. The number of rotatable bonds is 9. The van der Waals surface area contributed by atoms with Crippen molar-refractivity contribution < 1.29 is 8.78 Å². The summed E-state index contributed by atoms with van der Waals surface area (Å²) in [4.78, 5) is 15.4. The van der Waals surface area contributed by atoms with Gasteiger partial charge < -0.3 is 11.1 Å². The summed E-state index contributed by atoms with van der Waals surface area (Å²) >= 11 is 0. The molecule has 8 nitrogen and oxygen atoms in total. The Bertz CT molecular complexity index is 1230. The first-order chi connectivity index (χ1) is 16.8. The number of nitrogens with two attached hydrogens (primary N) is 1. The van der Waals surface area contributed by atoms with Gasteiger partial charge in [-0.2, -0.15) is 5.10 Å². The van der Waals surface area contributed by atoms with Crippen LogP contribution >= 0.6 is 0 Å². The van der Waals surface area contributed by atoms with E-state index in [1.54, 1.807) is 23.5 Å². The van der Waals surface area contributed by atoms with Crippen LogP contribution in [0.5, 0.6) is 0 Å². The second kappa shape index (κ2) is 10.8. The molecule has 35 heavy (non-hydrogen) atoms. The highest BCUT2D eigenvalue weighted by molar-refractivity contribution is 6.10. The van der Waals surface area contributed by atoms with Gasteiger partial charge in [0.05, 0.1) is 23.8 Å². The molecule has 3 N–H and O–H groups in total. The van der Waals surface area contributed by atoms with Crippen molar-refractivity contribution in [1.82, 2.24) is 25.1 Å². The van der Waals surface area contributed by atoms with Crippen molar-refractivity contribution in [2.75, 3.05) is 31.5 Å². The van der Waals surface area contributed by atoms with E-state index < -0.39 is 5.92 Å². The minimum Gasteiger partial charge on any atom is -0.404 e. The van der Waals surface area contributed by atoms with E-state index in [-0.39, 0.29) is 13.0 Å². The largest absolute Gasteiger partial charge is 0.404 e. The van der Waals surface area contributed by atoms with Crippen molar-refractivity contribution in [2.24, 2.45) is 10.7 Å². The zero-order chi connectivity index (χ0) is 24.8. The average Bonchev–Trinajstić information content (AvgIpc) is 3.19. The summed E-state index contributed by atoms with van der Waals surface area (Å²) in [6.45, 7) is 5.62. The third-order valence-electron chi connectivity index (χ3n) is 5.89. The molecule has 0 aliphatic carbocycles. The molecule has 0 amide bonds. The first kappa shape index (κ1) is 24.6. The summed E-state index contributed by atoms with van der Waals surface area (Å²) in [6.07, 6.45) is 7.30. The van der Waals surface area contributed by atoms with Gasteiger partial charge in [-0.15, -0.1) is 5.10 Å². The van der Waals surface area contributed by atoms with Crippen molar-refractivity contribution in [3.8, 4) is 0 Å². The topological polar surface area (TPSA) is 105 Å². The van der Waals surface area contributed by atoms with Gasteiger partial charge in [-0.25, -0.2) is 13.8 Å². The van der Waals surface area contributed by atoms with Gasteiger partial charge in [-0.1, -0.05) is 13.8 Å². The summed E-state index contributed by atoms with van der Waals surface area (Å²) in [7, 11) is 0. The maximum absolute atomic E-state index is 13.3. The Morgan fingerprint density at radius 1 is 1.23 bits per heavy atom. The molecule has 0 radical (unpaired) electrons. The van der Waals surface area contributed by atoms with Crippen molar-refractivity contribution in [2.45, 2.75) is 38.5 Å². The van der Waals surface area contributed by atoms with E-state index in [4.69, 9.17) is 5.73 Å². The van der Waals surface area contributed by atoms with Gasteiger partial charge in [0.1, 0.15) is 5.82 Å². The number of hydrogen-bond acceptors (Lipinski definition) is 8. The molecule has 4 rings (SSSR count). The number of hydrogen-bond donors (Lipinski definition) is 2. The van der Waals surface area contributed by atoms with Crippen molar-refractivity contribution in [3.05, 3.63) is 54.0 Å². The summed E-state index contributed by atoms with van der Waals surface area (Å²) in [5.41, 5.74) is 9.87. The molecule has 1 saturated heterocycles. The van der Waals surface area contributed by atoms with Crippen LogP contribution in [0.4, 0.5) is 20.4 Å². The molecule has 0 spiro atoms. The van der Waals surface area contributed by atoms with Crippen LogP contribution in [0.2, 0.25) is 0 Å². The van der Waals surface area contributed by atoms with Crippen molar-refractivity contribution in [3.63, 3.8) is 0 Å². The average molecular weight is 481 g/mol. The number of alkyl halides is 2. The summed E-state index contributed by atoms with van der Waals surface area (Å²) in [5, 5.41) is 11.4. The molecular formula is C25H30F2N8. The highest BCUT2D eigenvalue weighted by Crippen LogP contribution is 2.26. The van der Waals surface area contributed by atoms with Crippen LogP contribution in [0.1, 0.15) is 43.7 Å². The number of fused-ring (bicyclic) bond motifs is 1. The smallest absolute Gasteiger partial charge is 0.261 e. The molecule has 3 aromatic rings. The number of likely N-dealkylation sites (tertiary alicyclic amines) is 1. The fourth-order valence-corrected chi connectivity index (χ4v) is 3.88. The van der Waals surface area contributed by atoms with Gasteiger partial charge in [-0.05, 0) is 42.2 Å². The van der Waals surface area contributed by atoms with Crippen LogP contribution in [0.25, 0.3) is 16.6 Å². The van der Waals surface area contributed by atoms with Gasteiger partial charge >= 0.3 is 0 Å². The van der Waals surface area contributed by atoms with Crippen LogP contribution in [0, 0.1) is 0 Å². The van der Waals surface area contributed by atoms with Crippen LogP contribution < -0.4 is 11.1 Å². The van der Waals surface area contributed by atoms with Gasteiger partial charge in [0.25, 0.3) is 5.92 Å². The predicted octanol–water partition coefficient (Wildman–Crippen LogP) is 4.39. The molecule has 1 aliphatic heterocycles. The standard InChI is InChI=1S/C25H30F2N8/c1-17(2)18-11-24(34-31-15-18)33-23-5-4-21-22(32-23)10-19(14-30-21)20(12-28)13-29-7-3-8-35-9-6-25(26,27)16-35/h4-5,10-15,17H,3,6-9,16,28H2,1-2H3,(H,32,33,34). The van der Waals surface area contributed by atoms with Gasteiger partial charge in [0.15, 0.2) is 5.82 Å². The Hall–Kier alpha value is -3.53. The van der Waals surface area contributed by atoms with Gasteiger partial charge in [-0.3, -0.25) is 14.9 Å². The number of aliphatic imine (C=N–C) groups is 1. The number of anilines is 2. The first-order valence-corrected chi connectivity index (χ1v) is 11.7. The molecule has 0 unspecified atom stereocenters. The van der Waals surface area contributed by atoms with E-state index in [1.165, 1.54) is 6.20 Å². The Kier molecular flexibility index (Phi) is 7.60.